The van der Waals surface area contributed by atoms with Crippen molar-refractivity contribution >= 4 is 11.7 Å². The van der Waals surface area contributed by atoms with Gasteiger partial charge in [0.15, 0.2) is 0 Å². The van der Waals surface area contributed by atoms with Gasteiger partial charge < -0.3 is 9.84 Å². The van der Waals surface area contributed by atoms with Crippen LogP contribution >= 0.6 is 0 Å². The fourth-order valence-corrected chi connectivity index (χ4v) is 1.94. The molecule has 0 aromatic heterocycles. The maximum Gasteiger partial charge on any atom is 0.311 e. The number of nitrogens with zero attached hydrogens (tertiary/aromatic N) is 1. The highest BCUT2D eigenvalue weighted by Gasteiger charge is 2.29. The number of benzene rings is 1. The molecular formula is C13H17NO5. The number of carboxylic acid groups (broad SMARTS) is 1. The van der Waals surface area contributed by atoms with E-state index in [0.717, 1.165) is 0 Å². The van der Waals surface area contributed by atoms with E-state index in [1.54, 1.807) is 0 Å². The molecule has 1 N–H and O–H groups in total. The van der Waals surface area contributed by atoms with Crippen LogP contribution in [0.5, 0.6) is 5.75 Å². The fraction of sp³-hybridized carbons (Fsp3) is 0.462. The third kappa shape index (κ3) is 3.67. The molecule has 0 spiro atoms. The Bertz CT molecular complexity index is 484. The van der Waals surface area contributed by atoms with Crippen LogP contribution in [0.25, 0.3) is 0 Å². The molecule has 104 valence electrons. The highest BCUT2D eigenvalue weighted by atomic mass is 16.6. The summed E-state index contributed by atoms with van der Waals surface area (Å²) < 4.78 is 5.01. The summed E-state index contributed by atoms with van der Waals surface area (Å²) in [7, 11) is 1.43. The predicted molar refractivity (Wildman–Crippen MR) is 69.5 cm³/mol. The fourth-order valence-electron chi connectivity index (χ4n) is 1.94. The van der Waals surface area contributed by atoms with Gasteiger partial charge in [-0.25, -0.2) is 0 Å². The number of methoxy groups -OCH3 is 1. The van der Waals surface area contributed by atoms with E-state index in [0.29, 0.717) is 12.2 Å². The zero-order valence-corrected chi connectivity index (χ0v) is 11.1. The molecule has 6 nitrogen and oxygen atoms in total. The minimum Gasteiger partial charge on any atom is -0.497 e. The summed E-state index contributed by atoms with van der Waals surface area (Å²) in [5.74, 6) is -1.44. The highest BCUT2D eigenvalue weighted by molar-refractivity contribution is 5.78. The van der Waals surface area contributed by atoms with Crippen molar-refractivity contribution in [2.24, 2.45) is 5.92 Å². The topological polar surface area (TPSA) is 89.7 Å². The van der Waals surface area contributed by atoms with Crippen LogP contribution < -0.4 is 4.74 Å². The number of hydrogen-bond acceptors (Lipinski definition) is 4. The zero-order chi connectivity index (χ0) is 14.6. The molecule has 1 rings (SSSR count). The minimum absolute atomic E-state index is 0.118. The molecule has 0 aliphatic heterocycles. The Morgan fingerprint density at radius 1 is 1.47 bits per heavy atom. The van der Waals surface area contributed by atoms with Crippen LogP contribution in [-0.2, 0) is 4.79 Å². The van der Waals surface area contributed by atoms with Gasteiger partial charge in [-0.05, 0) is 24.5 Å². The zero-order valence-electron chi connectivity index (χ0n) is 11.1. The molecule has 0 heterocycles. The maximum absolute atomic E-state index is 11.3. The average Bonchev–Trinajstić information content (AvgIpc) is 2.34. The average molecular weight is 267 g/mol. The molecule has 19 heavy (non-hydrogen) atoms. The van der Waals surface area contributed by atoms with Crippen LogP contribution in [0.2, 0.25) is 0 Å². The van der Waals surface area contributed by atoms with Gasteiger partial charge in [0.2, 0.25) is 0 Å². The SMILES string of the molecule is COc1ccc([N+](=O)[O-])c(C(CC(C)C)C(=O)O)c1. The summed E-state index contributed by atoms with van der Waals surface area (Å²) in [5.41, 5.74) is -0.000556. The second kappa shape index (κ2) is 6.17. The van der Waals surface area contributed by atoms with Gasteiger partial charge in [-0.1, -0.05) is 13.8 Å². The third-order valence-electron chi connectivity index (χ3n) is 2.81. The molecule has 0 saturated heterocycles. The summed E-state index contributed by atoms with van der Waals surface area (Å²) in [5, 5.41) is 20.3. The number of carbonyl (C=O) groups is 1. The third-order valence-corrected chi connectivity index (χ3v) is 2.81. The number of carboxylic acids is 1. The van der Waals surface area contributed by atoms with E-state index >= 15 is 0 Å². The Kier molecular flexibility index (Phi) is 4.86. The largest absolute Gasteiger partial charge is 0.497 e. The van der Waals surface area contributed by atoms with E-state index in [1.165, 1.54) is 25.3 Å². The van der Waals surface area contributed by atoms with E-state index in [2.05, 4.69) is 0 Å². The van der Waals surface area contributed by atoms with Crippen LogP contribution in [-0.4, -0.2) is 23.1 Å². The first-order chi connectivity index (χ1) is 8.86. The standard InChI is InChI=1S/C13H17NO5/c1-8(2)6-11(13(15)16)10-7-9(19-3)4-5-12(10)14(17)18/h4-5,7-8,11H,6H2,1-3H3,(H,15,16). The van der Waals surface area contributed by atoms with E-state index in [1.807, 2.05) is 13.8 Å². The number of nitro groups is 1. The molecule has 0 radical (unpaired) electrons. The summed E-state index contributed by atoms with van der Waals surface area (Å²) in [6.45, 7) is 3.75. The Morgan fingerprint density at radius 2 is 2.11 bits per heavy atom. The van der Waals surface area contributed by atoms with Gasteiger partial charge >= 0.3 is 5.97 Å². The van der Waals surface area contributed by atoms with Crippen molar-refractivity contribution < 1.29 is 19.6 Å². The number of ether oxygens (including phenoxy) is 1. The molecular weight excluding hydrogens is 250 g/mol. The van der Waals surface area contributed by atoms with E-state index in [4.69, 9.17) is 4.74 Å². The molecule has 0 saturated carbocycles. The molecule has 1 aromatic rings. The second-order valence-electron chi connectivity index (χ2n) is 4.70. The van der Waals surface area contributed by atoms with Gasteiger partial charge in [0.05, 0.1) is 18.0 Å². The molecule has 1 unspecified atom stereocenters. The first-order valence-electron chi connectivity index (χ1n) is 5.92. The molecule has 0 amide bonds. The lowest BCUT2D eigenvalue weighted by Crippen LogP contribution is -2.15. The van der Waals surface area contributed by atoms with Crippen LogP contribution in [0, 0.1) is 16.0 Å². The van der Waals surface area contributed by atoms with Crippen molar-refractivity contribution in [2.45, 2.75) is 26.2 Å². The highest BCUT2D eigenvalue weighted by Crippen LogP contribution is 2.34. The number of rotatable bonds is 6. The van der Waals surface area contributed by atoms with Crippen LogP contribution in [0.1, 0.15) is 31.7 Å². The molecule has 6 heteroatoms. The summed E-state index contributed by atoms with van der Waals surface area (Å²) in [6, 6.07) is 4.17. The smallest absolute Gasteiger partial charge is 0.311 e. The Hall–Kier alpha value is -2.11. The van der Waals surface area contributed by atoms with Gasteiger partial charge in [0.1, 0.15) is 5.75 Å². The van der Waals surface area contributed by atoms with Crippen molar-refractivity contribution in [2.75, 3.05) is 7.11 Å². The maximum atomic E-state index is 11.3. The minimum atomic E-state index is -1.06. The van der Waals surface area contributed by atoms with Crippen LogP contribution in [0.3, 0.4) is 0 Å². The van der Waals surface area contributed by atoms with E-state index in [9.17, 15) is 20.0 Å². The van der Waals surface area contributed by atoms with Crippen molar-refractivity contribution in [3.8, 4) is 5.75 Å². The Labute approximate surface area is 111 Å². The number of aliphatic carboxylic acids is 1. The summed E-state index contributed by atoms with van der Waals surface area (Å²) in [6.07, 6.45) is 0.337. The van der Waals surface area contributed by atoms with Gasteiger partial charge in [0.25, 0.3) is 5.69 Å². The van der Waals surface area contributed by atoms with Gasteiger partial charge in [-0.15, -0.1) is 0 Å². The van der Waals surface area contributed by atoms with E-state index in [-0.39, 0.29) is 17.2 Å². The summed E-state index contributed by atoms with van der Waals surface area (Å²) in [4.78, 5) is 21.8. The molecule has 0 fully saturated rings. The normalized spacial score (nSPS) is 12.2. The van der Waals surface area contributed by atoms with Gasteiger partial charge in [-0.3, -0.25) is 14.9 Å². The lowest BCUT2D eigenvalue weighted by Gasteiger charge is -2.16. The predicted octanol–water partition coefficient (Wildman–Crippen LogP) is 2.82. The molecule has 0 aliphatic rings. The van der Waals surface area contributed by atoms with Crippen LogP contribution in [0.15, 0.2) is 18.2 Å². The first kappa shape index (κ1) is 14.9. The van der Waals surface area contributed by atoms with Crippen molar-refractivity contribution in [1.29, 1.82) is 0 Å². The quantitative estimate of drug-likeness (QED) is 0.632. The monoisotopic (exact) mass is 267 g/mol. The Balaban J connectivity index is 3.32. The first-order valence-corrected chi connectivity index (χ1v) is 5.92. The molecule has 1 aromatic carbocycles. The second-order valence-corrected chi connectivity index (χ2v) is 4.70. The molecule has 0 bridgehead atoms. The van der Waals surface area contributed by atoms with Crippen molar-refractivity contribution in [3.05, 3.63) is 33.9 Å². The van der Waals surface area contributed by atoms with Gasteiger partial charge in [-0.2, -0.15) is 0 Å². The number of nitro benzene ring substituents is 1. The lowest BCUT2D eigenvalue weighted by atomic mass is 9.89. The lowest BCUT2D eigenvalue weighted by molar-refractivity contribution is -0.385. The molecule has 0 aliphatic carbocycles. The summed E-state index contributed by atoms with van der Waals surface area (Å²) >= 11 is 0. The number of hydrogen-bond donors (Lipinski definition) is 1. The van der Waals surface area contributed by atoms with Gasteiger partial charge in [0, 0.05) is 11.6 Å². The van der Waals surface area contributed by atoms with E-state index < -0.39 is 16.8 Å². The van der Waals surface area contributed by atoms with Crippen LogP contribution in [0.4, 0.5) is 5.69 Å². The van der Waals surface area contributed by atoms with Crippen molar-refractivity contribution in [3.63, 3.8) is 0 Å². The Morgan fingerprint density at radius 3 is 2.53 bits per heavy atom. The molecule has 1 atom stereocenters. The van der Waals surface area contributed by atoms with Crippen molar-refractivity contribution in [1.82, 2.24) is 0 Å².